The lowest BCUT2D eigenvalue weighted by Gasteiger charge is -2.24. The Balaban J connectivity index is 1.93. The molecule has 0 aromatic heterocycles. The van der Waals surface area contributed by atoms with Gasteiger partial charge in [0, 0.05) is 26.6 Å². The number of ether oxygens (including phenoxy) is 1. The Morgan fingerprint density at radius 1 is 1.55 bits per heavy atom. The maximum Gasteiger partial charge on any atom is 0.233 e. The van der Waals surface area contributed by atoms with Crippen LogP contribution in [-0.2, 0) is 14.3 Å². The van der Waals surface area contributed by atoms with Crippen molar-refractivity contribution in [1.82, 2.24) is 10.2 Å². The quantitative estimate of drug-likeness (QED) is 0.773. The third-order valence-electron chi connectivity index (χ3n) is 3.31. The minimum atomic E-state index is -0.324. The van der Waals surface area contributed by atoms with E-state index in [4.69, 9.17) is 4.74 Å². The number of benzene rings is 1. The molecule has 0 radical (unpaired) electrons. The minimum absolute atomic E-state index is 0.0241. The maximum absolute atomic E-state index is 13.3. The van der Waals surface area contributed by atoms with Crippen molar-refractivity contribution in [3.05, 3.63) is 35.6 Å². The first-order valence-corrected chi connectivity index (χ1v) is 8.09. The molecule has 0 bridgehead atoms. The van der Waals surface area contributed by atoms with E-state index in [0.29, 0.717) is 25.4 Å². The minimum Gasteiger partial charge on any atom is -0.383 e. The first kappa shape index (κ1) is 16.8. The van der Waals surface area contributed by atoms with Crippen molar-refractivity contribution in [2.75, 3.05) is 32.6 Å². The molecular weight excluding hydrogens is 307 g/mol. The SMILES string of the molecule is COCCNC(=O)CCN1C(=O)CS[C@H]1c1cccc(F)c1. The number of hydrogen-bond acceptors (Lipinski definition) is 4. The third-order valence-corrected chi connectivity index (χ3v) is 4.57. The van der Waals surface area contributed by atoms with E-state index < -0.39 is 0 Å². The first-order valence-electron chi connectivity index (χ1n) is 7.04. The molecule has 0 spiro atoms. The molecule has 0 unspecified atom stereocenters. The topological polar surface area (TPSA) is 58.6 Å². The number of nitrogens with one attached hydrogen (secondary N) is 1. The second kappa shape index (κ2) is 8.14. The summed E-state index contributed by atoms with van der Waals surface area (Å²) in [5, 5.41) is 2.49. The van der Waals surface area contributed by atoms with E-state index in [9.17, 15) is 14.0 Å². The Hall–Kier alpha value is -1.60. The zero-order chi connectivity index (χ0) is 15.9. The molecule has 5 nitrogen and oxygen atoms in total. The van der Waals surface area contributed by atoms with Crippen LogP contribution in [0.3, 0.4) is 0 Å². The lowest BCUT2D eigenvalue weighted by atomic mass is 10.2. The van der Waals surface area contributed by atoms with Gasteiger partial charge in [-0.3, -0.25) is 9.59 Å². The molecule has 1 atom stereocenters. The zero-order valence-electron chi connectivity index (χ0n) is 12.4. The Labute approximate surface area is 133 Å². The average Bonchev–Trinajstić information content (AvgIpc) is 2.86. The molecule has 1 fully saturated rings. The highest BCUT2D eigenvalue weighted by atomic mass is 32.2. The Morgan fingerprint density at radius 3 is 3.09 bits per heavy atom. The van der Waals surface area contributed by atoms with Gasteiger partial charge in [0.15, 0.2) is 0 Å². The van der Waals surface area contributed by atoms with E-state index in [0.717, 1.165) is 5.56 Å². The molecule has 1 aliphatic rings. The standard InChI is InChI=1S/C15H19FN2O3S/c1-21-8-6-17-13(19)5-7-18-14(20)10-22-15(18)11-3-2-4-12(16)9-11/h2-4,9,15H,5-8,10H2,1H3,(H,17,19)/t15-/m0/s1. The van der Waals surface area contributed by atoms with Crippen LogP contribution in [0.5, 0.6) is 0 Å². The molecule has 1 N–H and O–H groups in total. The molecular formula is C15H19FN2O3S. The van der Waals surface area contributed by atoms with Gasteiger partial charge in [0.1, 0.15) is 11.2 Å². The van der Waals surface area contributed by atoms with Gasteiger partial charge in [-0.15, -0.1) is 11.8 Å². The van der Waals surface area contributed by atoms with Gasteiger partial charge in [-0.2, -0.15) is 0 Å². The van der Waals surface area contributed by atoms with E-state index >= 15 is 0 Å². The van der Waals surface area contributed by atoms with Crippen LogP contribution >= 0.6 is 11.8 Å². The van der Waals surface area contributed by atoms with Gasteiger partial charge < -0.3 is 15.0 Å². The van der Waals surface area contributed by atoms with Gasteiger partial charge in [0.05, 0.1) is 12.4 Å². The molecule has 0 saturated carbocycles. The number of rotatable bonds is 7. The highest BCUT2D eigenvalue weighted by molar-refractivity contribution is 8.00. The predicted molar refractivity (Wildman–Crippen MR) is 82.8 cm³/mol. The second-order valence-electron chi connectivity index (χ2n) is 4.90. The van der Waals surface area contributed by atoms with Crippen LogP contribution in [0.25, 0.3) is 0 Å². The maximum atomic E-state index is 13.3. The van der Waals surface area contributed by atoms with Gasteiger partial charge in [-0.25, -0.2) is 4.39 Å². The molecule has 0 aliphatic carbocycles. The Kier molecular flexibility index (Phi) is 6.21. The summed E-state index contributed by atoms with van der Waals surface area (Å²) >= 11 is 1.45. The lowest BCUT2D eigenvalue weighted by molar-refractivity contribution is -0.129. The summed E-state index contributed by atoms with van der Waals surface area (Å²) in [4.78, 5) is 25.3. The summed E-state index contributed by atoms with van der Waals surface area (Å²) in [6.07, 6.45) is 0.224. The number of hydrogen-bond donors (Lipinski definition) is 1. The van der Waals surface area contributed by atoms with Crippen LogP contribution in [0.1, 0.15) is 17.4 Å². The third kappa shape index (κ3) is 4.45. The van der Waals surface area contributed by atoms with Crippen molar-refractivity contribution < 1.29 is 18.7 Å². The van der Waals surface area contributed by atoms with E-state index in [-0.39, 0.29) is 29.4 Å². The lowest BCUT2D eigenvalue weighted by Crippen LogP contribution is -2.34. The summed E-state index contributed by atoms with van der Waals surface area (Å²) in [5.41, 5.74) is 0.746. The first-order chi connectivity index (χ1) is 10.6. The van der Waals surface area contributed by atoms with Gasteiger partial charge in [0.2, 0.25) is 11.8 Å². The van der Waals surface area contributed by atoms with Gasteiger partial charge >= 0.3 is 0 Å². The van der Waals surface area contributed by atoms with Crippen LogP contribution in [0.4, 0.5) is 4.39 Å². The van der Waals surface area contributed by atoms with Gasteiger partial charge in [-0.1, -0.05) is 12.1 Å². The number of methoxy groups -OCH3 is 1. The van der Waals surface area contributed by atoms with Crippen LogP contribution in [-0.4, -0.2) is 49.3 Å². The second-order valence-corrected chi connectivity index (χ2v) is 5.97. The fourth-order valence-corrected chi connectivity index (χ4v) is 3.44. The molecule has 7 heteroatoms. The number of amides is 2. The molecule has 1 aromatic rings. The highest BCUT2D eigenvalue weighted by Crippen LogP contribution is 2.38. The summed E-state index contributed by atoms with van der Waals surface area (Å²) in [6.45, 7) is 1.23. The smallest absolute Gasteiger partial charge is 0.233 e. The fourth-order valence-electron chi connectivity index (χ4n) is 2.24. The Morgan fingerprint density at radius 2 is 2.36 bits per heavy atom. The molecule has 1 saturated heterocycles. The summed E-state index contributed by atoms with van der Waals surface area (Å²) in [6, 6.07) is 6.23. The molecule has 22 heavy (non-hydrogen) atoms. The average molecular weight is 326 g/mol. The molecule has 1 heterocycles. The summed E-state index contributed by atoms with van der Waals surface area (Å²) in [5.74, 6) is -0.120. The normalized spacial score (nSPS) is 17.8. The van der Waals surface area contributed by atoms with Crippen LogP contribution in [0.2, 0.25) is 0 Å². The van der Waals surface area contributed by atoms with E-state index in [1.54, 1.807) is 24.1 Å². The number of carbonyl (C=O) groups is 2. The number of halogens is 1. The monoisotopic (exact) mass is 326 g/mol. The van der Waals surface area contributed by atoms with Crippen LogP contribution in [0, 0.1) is 5.82 Å². The summed E-state index contributed by atoms with van der Waals surface area (Å²) < 4.78 is 18.2. The van der Waals surface area contributed by atoms with Crippen molar-refractivity contribution in [2.24, 2.45) is 0 Å². The molecule has 2 rings (SSSR count). The number of carbonyl (C=O) groups excluding carboxylic acids is 2. The van der Waals surface area contributed by atoms with E-state index in [1.165, 1.54) is 23.9 Å². The van der Waals surface area contributed by atoms with Crippen molar-refractivity contribution in [3.63, 3.8) is 0 Å². The van der Waals surface area contributed by atoms with Gasteiger partial charge in [0.25, 0.3) is 0 Å². The molecule has 1 aromatic carbocycles. The van der Waals surface area contributed by atoms with Crippen molar-refractivity contribution in [2.45, 2.75) is 11.8 Å². The Bertz CT molecular complexity index is 541. The number of thioether (sulfide) groups is 1. The predicted octanol–water partition coefficient (Wildman–Crippen LogP) is 1.55. The molecule has 120 valence electrons. The van der Waals surface area contributed by atoms with Crippen molar-refractivity contribution >= 4 is 23.6 Å². The molecule has 1 aliphatic heterocycles. The van der Waals surface area contributed by atoms with Crippen molar-refractivity contribution in [3.8, 4) is 0 Å². The highest BCUT2D eigenvalue weighted by Gasteiger charge is 2.32. The van der Waals surface area contributed by atoms with E-state index in [1.807, 2.05) is 0 Å². The van der Waals surface area contributed by atoms with Gasteiger partial charge in [-0.05, 0) is 17.7 Å². The fraction of sp³-hybridized carbons (Fsp3) is 0.467. The summed E-state index contributed by atoms with van der Waals surface area (Å²) in [7, 11) is 1.57. The van der Waals surface area contributed by atoms with Crippen molar-refractivity contribution in [1.29, 1.82) is 0 Å². The largest absolute Gasteiger partial charge is 0.383 e. The van der Waals surface area contributed by atoms with E-state index in [2.05, 4.69) is 5.32 Å². The molecule has 2 amide bonds. The number of nitrogens with zero attached hydrogens (tertiary/aromatic N) is 1. The van der Waals surface area contributed by atoms with Crippen LogP contribution < -0.4 is 5.32 Å². The van der Waals surface area contributed by atoms with Crippen LogP contribution in [0.15, 0.2) is 24.3 Å². The zero-order valence-corrected chi connectivity index (χ0v) is 13.2.